The van der Waals surface area contributed by atoms with Crippen molar-refractivity contribution in [3.8, 4) is 0 Å². The van der Waals surface area contributed by atoms with Crippen molar-refractivity contribution in [2.24, 2.45) is 0 Å². The quantitative estimate of drug-likeness (QED) is 0.0644. The van der Waals surface area contributed by atoms with Gasteiger partial charge in [-0.15, -0.1) is 13.2 Å². The molecular formula is C38H40N2O5P+. The summed E-state index contributed by atoms with van der Waals surface area (Å²) in [5.41, 5.74) is 3.43. The summed E-state index contributed by atoms with van der Waals surface area (Å²) in [4.78, 5) is 27.6. The monoisotopic (exact) mass is 635 g/mol. The van der Waals surface area contributed by atoms with Crippen LogP contribution in [0.15, 0.2) is 147 Å². The SMILES string of the molecule is C=CCN([C@@H](Cc1ccccc1)C(=O)OCc1ccccc1)[P+](=O)N(CC=C)[C@@H](Cc1ccccc1)C(=O)OCc1ccccc1. The highest BCUT2D eigenvalue weighted by Crippen LogP contribution is 2.38. The second-order valence-electron chi connectivity index (χ2n) is 10.7. The molecule has 0 N–H and O–H groups in total. The van der Waals surface area contributed by atoms with Crippen LogP contribution in [0.5, 0.6) is 0 Å². The average Bonchev–Trinajstić information content (AvgIpc) is 3.10. The number of nitrogens with zero attached hydrogens (tertiary/aromatic N) is 2. The van der Waals surface area contributed by atoms with Crippen LogP contribution in [0.25, 0.3) is 0 Å². The van der Waals surface area contributed by atoms with E-state index < -0.39 is 32.1 Å². The first-order chi connectivity index (χ1) is 22.5. The summed E-state index contributed by atoms with van der Waals surface area (Å²) >= 11 is 0. The number of ether oxygens (including phenoxy) is 2. The van der Waals surface area contributed by atoms with Crippen LogP contribution >= 0.6 is 8.10 Å². The lowest BCUT2D eigenvalue weighted by molar-refractivity contribution is -0.149. The van der Waals surface area contributed by atoms with Crippen LogP contribution in [0.1, 0.15) is 22.3 Å². The van der Waals surface area contributed by atoms with E-state index in [9.17, 15) is 14.2 Å². The van der Waals surface area contributed by atoms with E-state index >= 15 is 0 Å². The Hall–Kier alpha value is -4.68. The Morgan fingerprint density at radius 3 is 1.17 bits per heavy atom. The van der Waals surface area contributed by atoms with E-state index in [0.29, 0.717) is 0 Å². The third-order valence-corrected chi connectivity index (χ3v) is 9.09. The van der Waals surface area contributed by atoms with Gasteiger partial charge in [0.1, 0.15) is 13.2 Å². The second-order valence-corrected chi connectivity index (χ2v) is 12.2. The first-order valence-electron chi connectivity index (χ1n) is 15.2. The standard InChI is InChI=1S/C38H40N2O5P/c1-3-25-39(35(27-31-17-9-5-10-18-31)37(41)44-29-33-21-13-7-14-22-33)46(43)40(26-4-2)36(28-32-19-11-6-12-20-32)38(42)45-30-34-23-15-8-16-24-34/h3-24,35-36H,1-2,25-30H2/q+1/t35-,36-/m0/s1. The molecule has 0 bridgehead atoms. The van der Waals surface area contributed by atoms with Crippen LogP contribution in [-0.4, -0.2) is 46.5 Å². The van der Waals surface area contributed by atoms with Crippen LogP contribution in [0, 0.1) is 0 Å². The first-order valence-corrected chi connectivity index (χ1v) is 16.4. The van der Waals surface area contributed by atoms with Crippen LogP contribution < -0.4 is 0 Å². The fourth-order valence-corrected chi connectivity index (χ4v) is 6.62. The number of carbonyl (C=O) groups is 2. The van der Waals surface area contributed by atoms with E-state index in [1.807, 2.05) is 121 Å². The van der Waals surface area contributed by atoms with Gasteiger partial charge in [0, 0.05) is 12.8 Å². The summed E-state index contributed by atoms with van der Waals surface area (Å²) in [6.45, 7) is 8.14. The van der Waals surface area contributed by atoms with Crippen molar-refractivity contribution in [1.82, 2.24) is 9.34 Å². The summed E-state index contributed by atoms with van der Waals surface area (Å²) < 4.78 is 29.5. The first kappa shape index (κ1) is 34.2. The average molecular weight is 636 g/mol. The fourth-order valence-electron chi connectivity index (χ4n) is 4.99. The Bertz CT molecular complexity index is 1430. The number of hydrogen-bond acceptors (Lipinski definition) is 5. The van der Waals surface area contributed by atoms with E-state index in [1.165, 1.54) is 0 Å². The van der Waals surface area contributed by atoms with E-state index in [-0.39, 0.29) is 39.1 Å². The topological polar surface area (TPSA) is 76.2 Å². The smallest absolute Gasteiger partial charge is 0.460 e. The maximum atomic E-state index is 14.7. The van der Waals surface area contributed by atoms with Gasteiger partial charge in [-0.2, -0.15) is 0 Å². The van der Waals surface area contributed by atoms with Gasteiger partial charge in [0.15, 0.2) is 12.1 Å². The van der Waals surface area contributed by atoms with Gasteiger partial charge in [0.05, 0.1) is 13.1 Å². The van der Waals surface area contributed by atoms with Crippen LogP contribution in [0.4, 0.5) is 0 Å². The van der Waals surface area contributed by atoms with Gasteiger partial charge in [-0.25, -0.2) is 0 Å². The Labute approximate surface area is 272 Å². The van der Waals surface area contributed by atoms with Crippen LogP contribution in [-0.2, 0) is 49.7 Å². The van der Waals surface area contributed by atoms with Crippen molar-refractivity contribution in [2.45, 2.75) is 38.1 Å². The molecule has 0 saturated heterocycles. The van der Waals surface area contributed by atoms with Gasteiger partial charge in [0.2, 0.25) is 0 Å². The molecule has 0 radical (unpaired) electrons. The van der Waals surface area contributed by atoms with Crippen molar-refractivity contribution in [1.29, 1.82) is 0 Å². The predicted octanol–water partition coefficient (Wildman–Crippen LogP) is 7.33. The lowest BCUT2D eigenvalue weighted by atomic mass is 10.1. The highest BCUT2D eigenvalue weighted by atomic mass is 31.1. The molecule has 2 atom stereocenters. The molecule has 46 heavy (non-hydrogen) atoms. The maximum absolute atomic E-state index is 14.7. The zero-order chi connectivity index (χ0) is 32.6. The zero-order valence-corrected chi connectivity index (χ0v) is 26.8. The molecular weight excluding hydrogens is 595 g/mol. The van der Waals surface area contributed by atoms with E-state index in [4.69, 9.17) is 9.47 Å². The van der Waals surface area contributed by atoms with E-state index in [2.05, 4.69) is 13.2 Å². The lowest BCUT2D eigenvalue weighted by Crippen LogP contribution is -2.46. The Morgan fingerprint density at radius 1 is 0.565 bits per heavy atom. The second kappa shape index (κ2) is 18.3. The number of rotatable bonds is 18. The number of benzene rings is 4. The molecule has 0 amide bonds. The molecule has 4 rings (SSSR count). The van der Waals surface area contributed by atoms with Gasteiger partial charge in [-0.3, -0.25) is 9.59 Å². The van der Waals surface area contributed by atoms with E-state index in [0.717, 1.165) is 22.3 Å². The van der Waals surface area contributed by atoms with Gasteiger partial charge in [0.25, 0.3) is 0 Å². The minimum atomic E-state index is -2.51. The van der Waals surface area contributed by atoms with Crippen molar-refractivity contribution >= 4 is 20.0 Å². The highest BCUT2D eigenvalue weighted by Gasteiger charge is 2.49. The van der Waals surface area contributed by atoms with Gasteiger partial charge >= 0.3 is 20.0 Å². The molecule has 0 fully saturated rings. The molecule has 0 saturated carbocycles. The zero-order valence-electron chi connectivity index (χ0n) is 25.9. The molecule has 0 heterocycles. The number of hydrogen-bond donors (Lipinski definition) is 0. The largest absolute Gasteiger partial charge is 0.539 e. The van der Waals surface area contributed by atoms with Gasteiger partial charge in [-0.1, -0.05) is 143 Å². The molecule has 0 unspecified atom stereocenters. The molecule has 4 aromatic carbocycles. The van der Waals surface area contributed by atoms with Crippen molar-refractivity contribution in [2.75, 3.05) is 13.1 Å². The Kier molecular flexibility index (Phi) is 13.6. The minimum absolute atomic E-state index is 0.0719. The van der Waals surface area contributed by atoms with Crippen molar-refractivity contribution in [3.05, 3.63) is 169 Å². The summed E-state index contributed by atoms with van der Waals surface area (Å²) in [5.74, 6) is -1.05. The summed E-state index contributed by atoms with van der Waals surface area (Å²) in [6.07, 6.45) is 3.68. The Balaban J connectivity index is 1.66. The lowest BCUT2D eigenvalue weighted by Gasteiger charge is -2.26. The molecule has 7 nitrogen and oxygen atoms in total. The van der Waals surface area contributed by atoms with Crippen molar-refractivity contribution < 1.29 is 23.6 Å². The Morgan fingerprint density at radius 2 is 0.870 bits per heavy atom. The third-order valence-electron chi connectivity index (χ3n) is 7.33. The minimum Gasteiger partial charge on any atom is -0.460 e. The summed E-state index contributed by atoms with van der Waals surface area (Å²) in [5, 5.41) is 0. The third kappa shape index (κ3) is 10.2. The number of esters is 2. The van der Waals surface area contributed by atoms with Crippen molar-refractivity contribution in [3.63, 3.8) is 0 Å². The maximum Gasteiger partial charge on any atom is 0.539 e. The molecule has 0 aliphatic carbocycles. The predicted molar refractivity (Wildman–Crippen MR) is 182 cm³/mol. The van der Waals surface area contributed by atoms with E-state index in [1.54, 1.807) is 21.5 Å². The normalized spacial score (nSPS) is 12.2. The highest BCUT2D eigenvalue weighted by molar-refractivity contribution is 7.39. The summed E-state index contributed by atoms with van der Waals surface area (Å²) in [6, 6.07) is 36.0. The van der Waals surface area contributed by atoms with Gasteiger partial charge < -0.3 is 9.47 Å². The molecule has 8 heteroatoms. The molecule has 4 aromatic rings. The molecule has 236 valence electrons. The van der Waals surface area contributed by atoms with Gasteiger partial charge in [-0.05, 0) is 26.8 Å². The summed E-state index contributed by atoms with van der Waals surface area (Å²) in [7, 11) is -2.51. The fraction of sp³-hybridized carbons (Fsp3) is 0.211. The molecule has 0 aromatic heterocycles. The molecule has 0 spiro atoms. The molecule has 0 aliphatic heterocycles. The number of carbonyl (C=O) groups excluding carboxylic acids is 2. The van der Waals surface area contributed by atoms with Crippen LogP contribution in [0.2, 0.25) is 0 Å². The molecule has 0 aliphatic rings. The van der Waals surface area contributed by atoms with Crippen LogP contribution in [0.3, 0.4) is 0 Å².